The molecule has 3 fully saturated rings. The van der Waals surface area contributed by atoms with E-state index in [-0.39, 0.29) is 41.6 Å². The number of hydrogen-bond acceptors (Lipinski definition) is 7. The molecule has 5 aliphatic rings. The first-order chi connectivity index (χ1) is 17.3. The highest BCUT2D eigenvalue weighted by molar-refractivity contribution is 6.02. The number of carboxylic acids is 1. The molecule has 2 saturated carbocycles. The summed E-state index contributed by atoms with van der Waals surface area (Å²) in [4.78, 5) is 38.2. The van der Waals surface area contributed by atoms with Crippen LogP contribution in [0.4, 0.5) is 0 Å². The van der Waals surface area contributed by atoms with Gasteiger partial charge < -0.3 is 25.2 Å². The lowest BCUT2D eigenvalue weighted by atomic mass is 9.40. The predicted molar refractivity (Wildman–Crippen MR) is 138 cm³/mol. The maximum atomic E-state index is 14.2. The average molecular weight is 531 g/mol. The van der Waals surface area contributed by atoms with Gasteiger partial charge in [0, 0.05) is 18.3 Å². The highest BCUT2D eigenvalue weighted by Gasteiger charge is 2.85. The lowest BCUT2D eigenvalue weighted by Gasteiger charge is -2.62. The van der Waals surface area contributed by atoms with Crippen molar-refractivity contribution in [3.63, 3.8) is 0 Å². The molecule has 0 aromatic rings. The molecule has 0 aromatic heterocycles. The Kier molecular flexibility index (Phi) is 5.73. The third-order valence-electron chi connectivity index (χ3n) is 11.8. The first-order valence-corrected chi connectivity index (χ1v) is 13.8. The van der Waals surface area contributed by atoms with Crippen molar-refractivity contribution in [2.24, 2.45) is 33.5 Å². The van der Waals surface area contributed by atoms with Crippen LogP contribution >= 0.6 is 0 Å². The number of carboxylic acid groups (broad SMARTS) is 1. The van der Waals surface area contributed by atoms with E-state index in [9.17, 15) is 34.8 Å². The van der Waals surface area contributed by atoms with Gasteiger partial charge in [0.1, 0.15) is 11.4 Å². The first kappa shape index (κ1) is 27.7. The van der Waals surface area contributed by atoms with Crippen LogP contribution in [-0.4, -0.2) is 67.5 Å². The third-order valence-corrected chi connectivity index (χ3v) is 11.8. The zero-order chi connectivity index (χ0) is 28.4. The summed E-state index contributed by atoms with van der Waals surface area (Å²) in [5.74, 6) is -2.55. The third kappa shape index (κ3) is 3.09. The Morgan fingerprint density at radius 1 is 1.18 bits per heavy atom. The maximum Gasteiger partial charge on any atom is 0.306 e. The number of fused-ring (bicyclic) bond motifs is 3. The van der Waals surface area contributed by atoms with Crippen LogP contribution in [0.25, 0.3) is 0 Å². The number of aliphatic hydroxyl groups is 3. The van der Waals surface area contributed by atoms with E-state index in [2.05, 4.69) is 20.8 Å². The Balaban J connectivity index is 1.57. The Hall–Kier alpha value is -1.87. The van der Waals surface area contributed by atoms with Crippen molar-refractivity contribution in [2.75, 3.05) is 0 Å². The van der Waals surface area contributed by atoms with Crippen molar-refractivity contribution < 1.29 is 39.5 Å². The van der Waals surface area contributed by atoms with Crippen molar-refractivity contribution in [3.05, 3.63) is 23.3 Å². The molecule has 1 aliphatic heterocycles. The molecule has 1 saturated heterocycles. The molecule has 5 rings (SSSR count). The van der Waals surface area contributed by atoms with Crippen LogP contribution in [0.5, 0.6) is 0 Å². The zero-order valence-corrected chi connectivity index (χ0v) is 23.5. The minimum atomic E-state index is -1.76. The topological polar surface area (TPSA) is 145 Å². The molecule has 38 heavy (non-hydrogen) atoms. The normalized spacial score (nSPS) is 46.8. The SMILES string of the molecule is C[C@@H](CC(=O)C[C@](C)(O)C1=C[C@@H](O)[C@]2(C)[C@]1(C)C(=O)C=C1[C@]23O[C@H]3C[C@H]2C(C)(C)[C@@H](O)CC[C@]12C)C(=O)O. The second kappa shape index (κ2) is 7.87. The van der Waals surface area contributed by atoms with E-state index in [1.165, 1.54) is 19.9 Å². The van der Waals surface area contributed by atoms with Crippen LogP contribution in [-0.2, 0) is 19.1 Å². The van der Waals surface area contributed by atoms with Crippen LogP contribution in [0.1, 0.15) is 80.6 Å². The van der Waals surface area contributed by atoms with Crippen LogP contribution in [0, 0.1) is 33.5 Å². The number of carbonyl (C=O) groups excluding carboxylic acids is 2. The molecule has 8 heteroatoms. The maximum absolute atomic E-state index is 14.2. The standard InChI is InChI=1S/C30H42O8/c1-15(24(35)36)10-16(31)14-27(5,37)19-12-22(34)29(7)28(19,6)21(33)11-18-26(4)9-8-20(32)25(2,3)17(26)13-23-30(18,29)38-23/h11-12,15,17,20,22-23,32,34,37H,8-10,13-14H2,1-7H3,(H,35,36)/t15-,17-,20-,22+,23-,26-,27-,28-,29+,30+/m0/s1. The van der Waals surface area contributed by atoms with Gasteiger partial charge in [-0.1, -0.05) is 40.7 Å². The minimum absolute atomic E-state index is 0.0920. The fourth-order valence-corrected chi connectivity index (χ4v) is 9.23. The van der Waals surface area contributed by atoms with Crippen molar-refractivity contribution in [3.8, 4) is 0 Å². The zero-order valence-electron chi connectivity index (χ0n) is 23.5. The van der Waals surface area contributed by atoms with Gasteiger partial charge in [-0.05, 0) is 67.1 Å². The van der Waals surface area contributed by atoms with Gasteiger partial charge in [-0.3, -0.25) is 14.4 Å². The van der Waals surface area contributed by atoms with Gasteiger partial charge in [0.05, 0.1) is 35.2 Å². The number of ketones is 2. The summed E-state index contributed by atoms with van der Waals surface area (Å²) >= 11 is 0. The number of rotatable bonds is 6. The van der Waals surface area contributed by atoms with Gasteiger partial charge in [0.25, 0.3) is 0 Å². The molecule has 4 aliphatic carbocycles. The molecule has 8 nitrogen and oxygen atoms in total. The average Bonchev–Trinajstić information content (AvgIpc) is 3.48. The molecule has 0 amide bonds. The molecule has 1 spiro atoms. The lowest BCUT2D eigenvalue weighted by Crippen LogP contribution is -2.66. The fraction of sp³-hybridized carbons (Fsp3) is 0.767. The molecule has 0 unspecified atom stereocenters. The quantitative estimate of drug-likeness (QED) is 0.303. The molecule has 4 N–H and O–H groups in total. The Labute approximate surface area is 224 Å². The summed E-state index contributed by atoms with van der Waals surface area (Å²) in [6, 6.07) is 0. The first-order valence-electron chi connectivity index (χ1n) is 13.8. The van der Waals surface area contributed by atoms with Crippen LogP contribution in [0.2, 0.25) is 0 Å². The smallest absolute Gasteiger partial charge is 0.306 e. The van der Waals surface area contributed by atoms with Crippen molar-refractivity contribution in [1.29, 1.82) is 0 Å². The van der Waals surface area contributed by atoms with Crippen LogP contribution in [0.3, 0.4) is 0 Å². The number of aliphatic carboxylic acids is 1. The summed E-state index contributed by atoms with van der Waals surface area (Å²) in [5, 5.41) is 43.3. The van der Waals surface area contributed by atoms with E-state index >= 15 is 0 Å². The van der Waals surface area contributed by atoms with Crippen molar-refractivity contribution in [1.82, 2.24) is 0 Å². The van der Waals surface area contributed by atoms with Crippen LogP contribution < -0.4 is 0 Å². The van der Waals surface area contributed by atoms with E-state index in [0.717, 1.165) is 5.57 Å². The molecule has 210 valence electrons. The number of carbonyl (C=O) groups is 3. The number of hydrogen-bond donors (Lipinski definition) is 4. The minimum Gasteiger partial charge on any atom is -0.481 e. The van der Waals surface area contributed by atoms with Crippen molar-refractivity contribution in [2.45, 2.75) is 110 Å². The summed E-state index contributed by atoms with van der Waals surface area (Å²) in [7, 11) is 0. The number of Topliss-reactive ketones (excluding diaryl/α,β-unsaturated/α-hetero) is 1. The summed E-state index contributed by atoms with van der Waals surface area (Å²) in [6.07, 6.45) is 2.83. The molecule has 0 aromatic carbocycles. The van der Waals surface area contributed by atoms with Gasteiger partial charge in [-0.25, -0.2) is 0 Å². The predicted octanol–water partition coefficient (Wildman–Crippen LogP) is 2.97. The van der Waals surface area contributed by atoms with E-state index < -0.39 is 57.3 Å². The highest BCUT2D eigenvalue weighted by atomic mass is 16.6. The number of aliphatic hydroxyl groups excluding tert-OH is 2. The van der Waals surface area contributed by atoms with E-state index in [1.54, 1.807) is 13.0 Å². The molecular formula is C30H42O8. The van der Waals surface area contributed by atoms with Gasteiger partial charge in [0.15, 0.2) is 5.78 Å². The number of epoxide rings is 1. The lowest BCUT2D eigenvalue weighted by molar-refractivity contribution is -0.146. The molecule has 0 radical (unpaired) electrons. The van der Waals surface area contributed by atoms with Crippen molar-refractivity contribution >= 4 is 17.5 Å². The molecule has 1 heterocycles. The summed E-state index contributed by atoms with van der Waals surface area (Å²) < 4.78 is 6.57. The van der Waals surface area contributed by atoms with Gasteiger partial charge in [-0.2, -0.15) is 0 Å². The molecular weight excluding hydrogens is 488 g/mol. The molecule has 0 bridgehead atoms. The monoisotopic (exact) mass is 530 g/mol. The number of allylic oxidation sites excluding steroid dienone is 1. The Morgan fingerprint density at radius 2 is 1.82 bits per heavy atom. The highest BCUT2D eigenvalue weighted by Crippen LogP contribution is 2.79. The summed E-state index contributed by atoms with van der Waals surface area (Å²) in [5.41, 5.74) is -4.70. The molecule has 10 atom stereocenters. The Bertz CT molecular complexity index is 1180. The van der Waals surface area contributed by atoms with Gasteiger partial charge >= 0.3 is 5.97 Å². The van der Waals surface area contributed by atoms with E-state index in [4.69, 9.17) is 4.74 Å². The number of ether oxygens (including phenoxy) is 1. The fourth-order valence-electron chi connectivity index (χ4n) is 9.23. The Morgan fingerprint density at radius 3 is 2.42 bits per heavy atom. The second-order valence-electron chi connectivity index (χ2n) is 14.1. The van der Waals surface area contributed by atoms with Gasteiger partial charge in [0.2, 0.25) is 0 Å². The van der Waals surface area contributed by atoms with E-state index in [1.807, 2.05) is 6.92 Å². The summed E-state index contributed by atoms with van der Waals surface area (Å²) in [6.45, 7) is 12.8. The van der Waals surface area contributed by atoms with E-state index in [0.29, 0.717) is 19.3 Å². The largest absolute Gasteiger partial charge is 0.481 e. The van der Waals surface area contributed by atoms with Crippen LogP contribution in [0.15, 0.2) is 23.3 Å². The second-order valence-corrected chi connectivity index (χ2v) is 14.1. The van der Waals surface area contributed by atoms with Gasteiger partial charge in [-0.15, -0.1) is 0 Å².